The topological polar surface area (TPSA) is 76.0 Å². The number of nitrogens with zero attached hydrogens (tertiary/aromatic N) is 2. The Bertz CT molecular complexity index is 970. The summed E-state index contributed by atoms with van der Waals surface area (Å²) < 4.78 is 34.1. The summed E-state index contributed by atoms with van der Waals surface area (Å²) in [5, 5.41) is 0. The number of esters is 1. The van der Waals surface area contributed by atoms with E-state index in [0.717, 1.165) is 12.8 Å². The fourth-order valence-electron chi connectivity index (χ4n) is 3.40. The van der Waals surface area contributed by atoms with E-state index in [1.54, 1.807) is 53.4 Å². The Balaban J connectivity index is 1.66. The number of piperidine rings is 1. The van der Waals surface area contributed by atoms with E-state index in [1.165, 1.54) is 0 Å². The second-order valence-electron chi connectivity index (χ2n) is 6.33. The number of benzene rings is 2. The lowest BCUT2D eigenvalue weighted by Crippen LogP contribution is -2.49. The predicted octanol–water partition coefficient (Wildman–Crippen LogP) is 2.60. The zero-order valence-electron chi connectivity index (χ0n) is 14.0. The monoisotopic (exact) mass is 370 g/mol. The number of amidine groups is 1. The van der Waals surface area contributed by atoms with Crippen LogP contribution in [0.2, 0.25) is 0 Å². The van der Waals surface area contributed by atoms with Gasteiger partial charge in [-0.15, -0.1) is 4.40 Å². The highest BCUT2D eigenvalue weighted by molar-refractivity contribution is 7.90. The molecule has 7 heteroatoms. The molecule has 26 heavy (non-hydrogen) atoms. The molecule has 2 aliphatic heterocycles. The minimum atomic E-state index is -3.72. The van der Waals surface area contributed by atoms with Gasteiger partial charge in [-0.1, -0.05) is 30.3 Å². The normalized spacial score (nSPS) is 21.0. The van der Waals surface area contributed by atoms with E-state index in [2.05, 4.69) is 4.40 Å². The van der Waals surface area contributed by atoms with E-state index >= 15 is 0 Å². The molecule has 0 unspecified atom stereocenters. The van der Waals surface area contributed by atoms with Crippen molar-refractivity contribution in [1.82, 2.24) is 4.90 Å². The first-order valence-electron chi connectivity index (χ1n) is 8.54. The van der Waals surface area contributed by atoms with Crippen LogP contribution in [0, 0.1) is 0 Å². The number of rotatable bonds is 2. The first-order chi connectivity index (χ1) is 12.6. The molecule has 6 nitrogen and oxygen atoms in total. The molecule has 0 amide bonds. The molecule has 2 heterocycles. The van der Waals surface area contributed by atoms with Gasteiger partial charge in [0.05, 0.1) is 0 Å². The largest absolute Gasteiger partial charge is 0.425 e. The van der Waals surface area contributed by atoms with Crippen molar-refractivity contribution in [3.63, 3.8) is 0 Å². The summed E-state index contributed by atoms with van der Waals surface area (Å²) in [6.07, 6.45) is 2.36. The first-order valence-corrected chi connectivity index (χ1v) is 9.98. The van der Waals surface area contributed by atoms with Gasteiger partial charge >= 0.3 is 5.97 Å². The number of ether oxygens (including phenoxy) is 1. The van der Waals surface area contributed by atoms with Gasteiger partial charge in [0.15, 0.2) is 5.84 Å². The molecular weight excluding hydrogens is 352 g/mol. The van der Waals surface area contributed by atoms with Gasteiger partial charge in [0.2, 0.25) is 0 Å². The van der Waals surface area contributed by atoms with Gasteiger partial charge in [0.1, 0.15) is 16.7 Å². The molecule has 0 saturated carbocycles. The third-order valence-electron chi connectivity index (χ3n) is 4.62. The van der Waals surface area contributed by atoms with Gasteiger partial charge in [-0.3, -0.25) is 0 Å². The molecule has 0 aliphatic carbocycles. The maximum absolute atomic E-state index is 12.7. The Morgan fingerprint density at radius 2 is 1.77 bits per heavy atom. The zero-order valence-corrected chi connectivity index (χ0v) is 14.9. The van der Waals surface area contributed by atoms with Crippen molar-refractivity contribution < 1.29 is 17.9 Å². The van der Waals surface area contributed by atoms with Crippen LogP contribution in [0.4, 0.5) is 0 Å². The zero-order chi connectivity index (χ0) is 18.1. The summed E-state index contributed by atoms with van der Waals surface area (Å²) in [6.45, 7) is 0.567. The number of para-hydroxylation sites is 1. The Morgan fingerprint density at radius 3 is 2.58 bits per heavy atom. The third kappa shape index (κ3) is 2.99. The fourth-order valence-corrected chi connectivity index (χ4v) is 4.62. The quantitative estimate of drug-likeness (QED) is 0.600. The van der Waals surface area contributed by atoms with Crippen molar-refractivity contribution in [2.24, 2.45) is 4.40 Å². The first kappa shape index (κ1) is 16.8. The number of likely N-dealkylation sites (tertiary alicyclic amines) is 1. The molecule has 4 rings (SSSR count). The molecule has 2 aliphatic rings. The van der Waals surface area contributed by atoms with E-state index in [9.17, 15) is 13.2 Å². The SMILES string of the molecule is O=C(Oc1ccccc1)[C@@H]1CCCCN1C1=NS(=O)(=O)c2ccccc21. The predicted molar refractivity (Wildman–Crippen MR) is 96.6 cm³/mol. The second kappa shape index (κ2) is 6.57. The minimum absolute atomic E-state index is 0.191. The minimum Gasteiger partial charge on any atom is -0.425 e. The van der Waals surface area contributed by atoms with Crippen molar-refractivity contribution in [1.29, 1.82) is 0 Å². The number of carbonyl (C=O) groups is 1. The molecular formula is C19H18N2O4S. The average molecular weight is 370 g/mol. The fraction of sp³-hybridized carbons (Fsp3) is 0.263. The van der Waals surface area contributed by atoms with Crippen molar-refractivity contribution >= 4 is 21.8 Å². The molecule has 1 fully saturated rings. The van der Waals surface area contributed by atoms with Crippen LogP contribution < -0.4 is 4.74 Å². The van der Waals surface area contributed by atoms with Gasteiger partial charge in [-0.2, -0.15) is 8.42 Å². The van der Waals surface area contributed by atoms with Gasteiger partial charge < -0.3 is 9.64 Å². The van der Waals surface area contributed by atoms with Gasteiger partial charge in [0, 0.05) is 12.1 Å². The number of hydrogen-bond donors (Lipinski definition) is 0. The summed E-state index contributed by atoms with van der Waals surface area (Å²) in [5.41, 5.74) is 0.548. The third-order valence-corrected chi connectivity index (χ3v) is 5.95. The van der Waals surface area contributed by atoms with Crippen LogP contribution in [0.15, 0.2) is 63.9 Å². The maximum atomic E-state index is 12.7. The van der Waals surface area contributed by atoms with Crippen molar-refractivity contribution in [2.75, 3.05) is 6.54 Å². The summed E-state index contributed by atoms with van der Waals surface area (Å²) in [4.78, 5) is 14.7. The summed E-state index contributed by atoms with van der Waals surface area (Å²) in [5.74, 6) is 0.431. The van der Waals surface area contributed by atoms with Crippen LogP contribution >= 0.6 is 0 Å². The molecule has 1 atom stereocenters. The maximum Gasteiger partial charge on any atom is 0.334 e. The second-order valence-corrected chi connectivity index (χ2v) is 7.90. The lowest BCUT2D eigenvalue weighted by atomic mass is 10.0. The average Bonchev–Trinajstić information content (AvgIpc) is 2.94. The molecule has 2 aromatic carbocycles. The van der Waals surface area contributed by atoms with Crippen LogP contribution in [0.25, 0.3) is 0 Å². The molecule has 0 N–H and O–H groups in total. The highest BCUT2D eigenvalue weighted by atomic mass is 32.2. The van der Waals surface area contributed by atoms with Crippen LogP contribution in [-0.2, 0) is 14.8 Å². The van der Waals surface area contributed by atoms with Crippen LogP contribution in [0.5, 0.6) is 5.75 Å². The van der Waals surface area contributed by atoms with E-state index < -0.39 is 16.1 Å². The van der Waals surface area contributed by atoms with Gasteiger partial charge in [0.25, 0.3) is 10.0 Å². The van der Waals surface area contributed by atoms with E-state index in [0.29, 0.717) is 30.1 Å². The molecule has 134 valence electrons. The van der Waals surface area contributed by atoms with Gasteiger partial charge in [-0.05, 0) is 43.5 Å². The smallest absolute Gasteiger partial charge is 0.334 e. The molecule has 0 radical (unpaired) electrons. The molecule has 0 bridgehead atoms. The summed E-state index contributed by atoms with van der Waals surface area (Å²) >= 11 is 0. The Morgan fingerprint density at radius 1 is 1.04 bits per heavy atom. The highest BCUT2D eigenvalue weighted by Gasteiger charge is 2.38. The van der Waals surface area contributed by atoms with Crippen LogP contribution in [0.3, 0.4) is 0 Å². The van der Waals surface area contributed by atoms with Crippen molar-refractivity contribution in [3.8, 4) is 5.75 Å². The van der Waals surface area contributed by atoms with Crippen molar-refractivity contribution in [2.45, 2.75) is 30.2 Å². The van der Waals surface area contributed by atoms with E-state index in [1.807, 2.05) is 6.07 Å². The molecule has 2 aromatic rings. The molecule has 0 spiro atoms. The standard InChI is InChI=1S/C19H18N2O4S/c22-19(25-14-8-2-1-3-9-14)16-11-6-7-13-21(16)18-15-10-4-5-12-17(15)26(23,24)20-18/h1-5,8-10,12,16H,6-7,11,13H2/t16-/m0/s1. The van der Waals surface area contributed by atoms with Crippen LogP contribution in [-0.4, -0.2) is 37.7 Å². The summed E-state index contributed by atoms with van der Waals surface area (Å²) in [6, 6.07) is 15.0. The van der Waals surface area contributed by atoms with Crippen LogP contribution in [0.1, 0.15) is 24.8 Å². The lowest BCUT2D eigenvalue weighted by molar-refractivity contribution is -0.139. The van der Waals surface area contributed by atoms with Crippen molar-refractivity contribution in [3.05, 3.63) is 60.2 Å². The number of fused-ring (bicyclic) bond motifs is 1. The lowest BCUT2D eigenvalue weighted by Gasteiger charge is -2.35. The summed E-state index contributed by atoms with van der Waals surface area (Å²) in [7, 11) is -3.72. The van der Waals surface area contributed by atoms with E-state index in [4.69, 9.17) is 4.74 Å². The van der Waals surface area contributed by atoms with Gasteiger partial charge in [-0.25, -0.2) is 4.79 Å². The molecule has 0 aromatic heterocycles. The highest BCUT2D eigenvalue weighted by Crippen LogP contribution is 2.31. The number of sulfonamides is 1. The Kier molecular flexibility index (Phi) is 4.24. The number of carbonyl (C=O) groups excluding carboxylic acids is 1. The number of hydrogen-bond acceptors (Lipinski definition) is 5. The van der Waals surface area contributed by atoms with E-state index in [-0.39, 0.29) is 10.9 Å². The Labute approximate surface area is 152 Å². The Hall–Kier alpha value is -2.67. The molecule has 1 saturated heterocycles.